The van der Waals surface area contributed by atoms with Gasteiger partial charge >= 0.3 is 0 Å². The first-order chi connectivity index (χ1) is 10.2. The van der Waals surface area contributed by atoms with Crippen LogP contribution in [0.2, 0.25) is 0 Å². The number of benzene rings is 1. The number of rotatable bonds is 6. The highest BCUT2D eigenvalue weighted by Crippen LogP contribution is 2.16. The number of aryl methyl sites for hydroxylation is 1. The Hall–Kier alpha value is -1.98. The normalized spacial score (nSPS) is 11.0. The number of anilines is 1. The van der Waals surface area contributed by atoms with Crippen molar-refractivity contribution in [2.75, 3.05) is 11.9 Å². The van der Waals surface area contributed by atoms with Crippen LogP contribution in [-0.2, 0) is 16.1 Å². The minimum atomic E-state index is -0.176. The van der Waals surface area contributed by atoms with Gasteiger partial charge in [0.2, 0.25) is 5.91 Å². The third-order valence-corrected chi connectivity index (χ3v) is 3.57. The van der Waals surface area contributed by atoms with Crippen LogP contribution in [0.15, 0.2) is 35.7 Å². The van der Waals surface area contributed by atoms with Gasteiger partial charge in [-0.25, -0.2) is 4.98 Å². The molecule has 0 radical (unpaired) electrons. The number of aromatic nitrogens is 1. The molecule has 4 nitrogen and oxygen atoms in total. The van der Waals surface area contributed by atoms with Crippen molar-refractivity contribution in [3.63, 3.8) is 0 Å². The SMILES string of the molecule is CCOCc1ccccc1NC(=O)C=Cc1csc(C)n1. The van der Waals surface area contributed by atoms with E-state index in [1.165, 1.54) is 6.08 Å². The summed E-state index contributed by atoms with van der Waals surface area (Å²) < 4.78 is 5.40. The van der Waals surface area contributed by atoms with Gasteiger partial charge < -0.3 is 10.1 Å². The number of amides is 1. The molecule has 0 spiro atoms. The number of carbonyl (C=O) groups excluding carboxylic acids is 1. The molecule has 5 heteroatoms. The summed E-state index contributed by atoms with van der Waals surface area (Å²) in [7, 11) is 0. The van der Waals surface area contributed by atoms with Crippen molar-refractivity contribution in [2.24, 2.45) is 0 Å². The molecule has 21 heavy (non-hydrogen) atoms. The molecule has 1 aromatic heterocycles. The zero-order valence-electron chi connectivity index (χ0n) is 12.1. The number of ether oxygens (including phenoxy) is 1. The second-order valence-corrected chi connectivity index (χ2v) is 5.47. The van der Waals surface area contributed by atoms with E-state index >= 15 is 0 Å². The van der Waals surface area contributed by atoms with Crippen LogP contribution >= 0.6 is 11.3 Å². The largest absolute Gasteiger partial charge is 0.377 e. The fourth-order valence-corrected chi connectivity index (χ4v) is 2.35. The van der Waals surface area contributed by atoms with Crippen molar-refractivity contribution in [1.29, 1.82) is 0 Å². The average molecular weight is 302 g/mol. The van der Waals surface area contributed by atoms with Crippen LogP contribution in [0.25, 0.3) is 6.08 Å². The summed E-state index contributed by atoms with van der Waals surface area (Å²) in [5.41, 5.74) is 2.54. The lowest BCUT2D eigenvalue weighted by atomic mass is 10.2. The van der Waals surface area contributed by atoms with Gasteiger partial charge in [-0.05, 0) is 26.0 Å². The van der Waals surface area contributed by atoms with Crippen molar-refractivity contribution in [3.8, 4) is 0 Å². The van der Waals surface area contributed by atoms with Crippen molar-refractivity contribution >= 4 is 29.0 Å². The highest BCUT2D eigenvalue weighted by molar-refractivity contribution is 7.09. The van der Waals surface area contributed by atoms with Gasteiger partial charge in [0.15, 0.2) is 0 Å². The second kappa shape index (κ2) is 7.71. The lowest BCUT2D eigenvalue weighted by molar-refractivity contribution is -0.111. The number of hydrogen-bond donors (Lipinski definition) is 1. The fourth-order valence-electron chi connectivity index (χ4n) is 1.77. The zero-order valence-corrected chi connectivity index (χ0v) is 12.9. The Morgan fingerprint density at radius 3 is 2.95 bits per heavy atom. The van der Waals surface area contributed by atoms with Crippen molar-refractivity contribution in [2.45, 2.75) is 20.5 Å². The van der Waals surface area contributed by atoms with Gasteiger partial charge in [-0.2, -0.15) is 0 Å². The van der Waals surface area contributed by atoms with E-state index in [-0.39, 0.29) is 5.91 Å². The predicted molar refractivity (Wildman–Crippen MR) is 86.3 cm³/mol. The third-order valence-electron chi connectivity index (χ3n) is 2.78. The lowest BCUT2D eigenvalue weighted by Crippen LogP contribution is -2.10. The second-order valence-electron chi connectivity index (χ2n) is 4.41. The number of hydrogen-bond acceptors (Lipinski definition) is 4. The summed E-state index contributed by atoms with van der Waals surface area (Å²) in [4.78, 5) is 16.2. The summed E-state index contributed by atoms with van der Waals surface area (Å²) >= 11 is 1.56. The zero-order chi connectivity index (χ0) is 15.1. The van der Waals surface area contributed by atoms with E-state index in [1.807, 2.05) is 43.5 Å². The molecule has 1 aromatic carbocycles. The van der Waals surface area contributed by atoms with E-state index in [0.717, 1.165) is 22.0 Å². The maximum Gasteiger partial charge on any atom is 0.248 e. The predicted octanol–water partition coefficient (Wildman–Crippen LogP) is 3.64. The maximum atomic E-state index is 12.0. The van der Waals surface area contributed by atoms with Crippen LogP contribution in [0.5, 0.6) is 0 Å². The van der Waals surface area contributed by atoms with Gasteiger partial charge in [-0.15, -0.1) is 11.3 Å². The molecule has 0 fully saturated rings. The molecule has 1 N–H and O–H groups in total. The Labute approximate surface area is 128 Å². The number of nitrogens with one attached hydrogen (secondary N) is 1. The van der Waals surface area contributed by atoms with E-state index in [0.29, 0.717) is 13.2 Å². The molecule has 0 aliphatic heterocycles. The van der Waals surface area contributed by atoms with E-state index in [9.17, 15) is 4.79 Å². The minimum Gasteiger partial charge on any atom is -0.377 e. The Bertz CT molecular complexity index is 635. The number of nitrogens with zero attached hydrogens (tertiary/aromatic N) is 1. The molecule has 0 bridgehead atoms. The summed E-state index contributed by atoms with van der Waals surface area (Å²) in [6.07, 6.45) is 3.20. The Balaban J connectivity index is 2.00. The molecule has 0 saturated carbocycles. The molecule has 0 aliphatic rings. The molecule has 110 valence electrons. The summed E-state index contributed by atoms with van der Waals surface area (Å²) in [6.45, 7) is 5.01. The molecule has 2 aromatic rings. The molecule has 0 aliphatic carbocycles. The molecule has 0 atom stereocenters. The van der Waals surface area contributed by atoms with Crippen molar-refractivity contribution < 1.29 is 9.53 Å². The topological polar surface area (TPSA) is 51.2 Å². The van der Waals surface area contributed by atoms with Crippen LogP contribution in [0, 0.1) is 6.92 Å². The molecule has 0 unspecified atom stereocenters. The van der Waals surface area contributed by atoms with Crippen molar-refractivity contribution in [1.82, 2.24) is 4.98 Å². The Morgan fingerprint density at radius 2 is 2.24 bits per heavy atom. The molecule has 1 amide bonds. The smallest absolute Gasteiger partial charge is 0.248 e. The van der Waals surface area contributed by atoms with Gasteiger partial charge in [-0.3, -0.25) is 4.79 Å². The van der Waals surface area contributed by atoms with Gasteiger partial charge in [0, 0.05) is 29.3 Å². The van der Waals surface area contributed by atoms with E-state index in [1.54, 1.807) is 17.4 Å². The third kappa shape index (κ3) is 4.81. The molecular formula is C16H18N2O2S. The van der Waals surface area contributed by atoms with Gasteiger partial charge in [0.1, 0.15) is 0 Å². The first-order valence-electron chi connectivity index (χ1n) is 6.76. The highest BCUT2D eigenvalue weighted by Gasteiger charge is 2.04. The monoisotopic (exact) mass is 302 g/mol. The van der Waals surface area contributed by atoms with Crippen molar-refractivity contribution in [3.05, 3.63) is 52.0 Å². The lowest BCUT2D eigenvalue weighted by Gasteiger charge is -2.09. The van der Waals surface area contributed by atoms with Gasteiger partial charge in [-0.1, -0.05) is 18.2 Å². The summed E-state index contributed by atoms with van der Waals surface area (Å²) in [5, 5.41) is 5.77. The summed E-state index contributed by atoms with van der Waals surface area (Å²) in [5.74, 6) is -0.176. The van der Waals surface area contributed by atoms with E-state index in [2.05, 4.69) is 10.3 Å². The molecule has 2 rings (SSSR count). The number of carbonyl (C=O) groups is 1. The van der Waals surface area contributed by atoms with Crippen LogP contribution in [0.1, 0.15) is 23.2 Å². The average Bonchev–Trinajstić information content (AvgIpc) is 2.90. The fraction of sp³-hybridized carbons (Fsp3) is 0.250. The quantitative estimate of drug-likeness (QED) is 0.829. The van der Waals surface area contributed by atoms with Gasteiger partial charge in [0.05, 0.1) is 17.3 Å². The Kier molecular flexibility index (Phi) is 5.66. The van der Waals surface area contributed by atoms with E-state index < -0.39 is 0 Å². The standard InChI is InChI=1S/C16H18N2O2S/c1-3-20-10-13-6-4-5-7-15(13)18-16(19)9-8-14-11-21-12(2)17-14/h4-9,11H,3,10H2,1-2H3,(H,18,19). The van der Waals surface area contributed by atoms with E-state index in [4.69, 9.17) is 4.74 Å². The van der Waals surface area contributed by atoms with Crippen LogP contribution in [0.3, 0.4) is 0 Å². The van der Waals surface area contributed by atoms with Crippen LogP contribution < -0.4 is 5.32 Å². The van der Waals surface area contributed by atoms with Gasteiger partial charge in [0.25, 0.3) is 0 Å². The molecule has 0 saturated heterocycles. The highest BCUT2D eigenvalue weighted by atomic mass is 32.1. The number of para-hydroxylation sites is 1. The molecular weight excluding hydrogens is 284 g/mol. The molecule has 1 heterocycles. The maximum absolute atomic E-state index is 12.0. The first-order valence-corrected chi connectivity index (χ1v) is 7.64. The van der Waals surface area contributed by atoms with Crippen LogP contribution in [0.4, 0.5) is 5.69 Å². The first kappa shape index (κ1) is 15.4. The minimum absolute atomic E-state index is 0.176. The summed E-state index contributed by atoms with van der Waals surface area (Å²) in [6, 6.07) is 7.63. The van der Waals surface area contributed by atoms with Crippen LogP contribution in [-0.4, -0.2) is 17.5 Å². The number of thiazole rings is 1. The Morgan fingerprint density at radius 1 is 1.43 bits per heavy atom.